The van der Waals surface area contributed by atoms with Crippen LogP contribution in [0, 0.1) is 23.5 Å². The van der Waals surface area contributed by atoms with Crippen LogP contribution in [0.25, 0.3) is 5.69 Å². The van der Waals surface area contributed by atoms with Crippen LogP contribution >= 0.6 is 0 Å². The number of likely N-dealkylation sites (tertiary alicyclic amines) is 1. The van der Waals surface area contributed by atoms with Gasteiger partial charge in [0.2, 0.25) is 5.91 Å². The highest BCUT2D eigenvalue weighted by molar-refractivity contribution is 5.94. The van der Waals surface area contributed by atoms with Gasteiger partial charge in [0.15, 0.2) is 17.3 Å². The SMILES string of the molecule is COCCCCc1c(C(=O)N(CC(C)C)[C@H]2C[C@@H](C(=O)N3CCOCC3)CN(C(=O)O)C2)nnn1-c1cccc(F)c1F. The van der Waals surface area contributed by atoms with Crippen LogP contribution in [-0.2, 0) is 20.7 Å². The first kappa shape index (κ1) is 32.3. The Kier molecular flexibility index (Phi) is 11.0. The van der Waals surface area contributed by atoms with Gasteiger partial charge < -0.3 is 29.3 Å². The molecule has 2 aliphatic heterocycles. The van der Waals surface area contributed by atoms with Gasteiger partial charge in [-0.2, -0.15) is 0 Å². The van der Waals surface area contributed by atoms with Gasteiger partial charge in [-0.1, -0.05) is 25.1 Å². The first-order valence-electron chi connectivity index (χ1n) is 14.7. The van der Waals surface area contributed by atoms with Crippen LogP contribution < -0.4 is 0 Å². The third-order valence-electron chi connectivity index (χ3n) is 7.77. The Morgan fingerprint density at radius 3 is 2.56 bits per heavy atom. The normalized spacial score (nSPS) is 19.1. The number of nitrogens with zero attached hydrogens (tertiary/aromatic N) is 6. The molecule has 0 spiro atoms. The number of benzene rings is 1. The molecule has 4 rings (SSSR count). The zero-order valence-electron chi connectivity index (χ0n) is 24.9. The summed E-state index contributed by atoms with van der Waals surface area (Å²) in [5, 5.41) is 18.1. The summed E-state index contributed by atoms with van der Waals surface area (Å²) in [6.45, 7) is 6.33. The standard InChI is InChI=1S/C29H40F2N6O6/c1-19(2)16-36(21-15-20(17-35(18-21)29(40)41)27(38)34-10-13-43-14-11-34)28(39)26-24(8-4-5-12-42-3)37(33-32-26)23-9-6-7-22(30)25(23)31/h6-7,9,19-21H,4-5,8,10-18H2,1-3H3,(H,40,41)/t20-,21+/m1/s1. The van der Waals surface area contributed by atoms with Gasteiger partial charge >= 0.3 is 6.09 Å². The van der Waals surface area contributed by atoms with Gasteiger partial charge in [-0.25, -0.2) is 18.3 Å². The number of aromatic nitrogens is 3. The first-order valence-corrected chi connectivity index (χ1v) is 14.7. The van der Waals surface area contributed by atoms with Gasteiger partial charge in [-0.3, -0.25) is 9.59 Å². The Labute approximate surface area is 249 Å². The minimum Gasteiger partial charge on any atom is -0.465 e. The van der Waals surface area contributed by atoms with Crippen LogP contribution in [0.1, 0.15) is 49.3 Å². The summed E-state index contributed by atoms with van der Waals surface area (Å²) >= 11 is 0. The molecular formula is C29H40F2N6O6. The highest BCUT2D eigenvalue weighted by Crippen LogP contribution is 2.27. The lowest BCUT2D eigenvalue weighted by Crippen LogP contribution is -2.58. The molecule has 2 fully saturated rings. The Balaban J connectivity index is 1.69. The number of unbranched alkanes of at least 4 members (excludes halogenated alkanes) is 1. The van der Waals surface area contributed by atoms with Gasteiger partial charge in [0.25, 0.3) is 5.91 Å². The van der Waals surface area contributed by atoms with E-state index in [-0.39, 0.29) is 55.7 Å². The average Bonchev–Trinajstić information content (AvgIpc) is 3.42. The van der Waals surface area contributed by atoms with Crippen molar-refractivity contribution >= 4 is 17.9 Å². The Bertz CT molecular complexity index is 1280. The highest BCUT2D eigenvalue weighted by Gasteiger charge is 2.41. The monoisotopic (exact) mass is 606 g/mol. The zero-order valence-corrected chi connectivity index (χ0v) is 24.9. The number of amides is 3. The Hall–Kier alpha value is -3.65. The summed E-state index contributed by atoms with van der Waals surface area (Å²) in [7, 11) is 1.58. The lowest BCUT2D eigenvalue weighted by molar-refractivity contribution is -0.142. The van der Waals surface area contributed by atoms with E-state index < -0.39 is 35.6 Å². The maximum atomic E-state index is 14.8. The van der Waals surface area contributed by atoms with Crippen LogP contribution in [0.5, 0.6) is 0 Å². The van der Waals surface area contributed by atoms with E-state index in [4.69, 9.17) is 9.47 Å². The van der Waals surface area contributed by atoms with Gasteiger partial charge in [-0.15, -0.1) is 5.10 Å². The van der Waals surface area contributed by atoms with Crippen LogP contribution in [0.2, 0.25) is 0 Å². The zero-order chi connectivity index (χ0) is 31.1. The van der Waals surface area contributed by atoms with Crippen molar-refractivity contribution in [2.75, 3.05) is 59.7 Å². The van der Waals surface area contributed by atoms with E-state index in [1.54, 1.807) is 16.9 Å². The number of carbonyl (C=O) groups excluding carboxylic acids is 2. The van der Waals surface area contributed by atoms with E-state index in [0.29, 0.717) is 51.4 Å². The second-order valence-corrected chi connectivity index (χ2v) is 11.4. The van der Waals surface area contributed by atoms with Crippen molar-refractivity contribution in [3.63, 3.8) is 0 Å². The smallest absolute Gasteiger partial charge is 0.407 e. The molecule has 236 valence electrons. The van der Waals surface area contributed by atoms with E-state index in [1.807, 2.05) is 13.8 Å². The van der Waals surface area contributed by atoms with Gasteiger partial charge in [0.05, 0.1) is 30.9 Å². The molecular weight excluding hydrogens is 566 g/mol. The molecule has 0 bridgehead atoms. The molecule has 2 atom stereocenters. The number of morpholine rings is 1. The largest absolute Gasteiger partial charge is 0.465 e. The van der Waals surface area contributed by atoms with Crippen molar-refractivity contribution in [2.24, 2.45) is 11.8 Å². The molecule has 1 aromatic carbocycles. The van der Waals surface area contributed by atoms with E-state index in [9.17, 15) is 28.3 Å². The number of hydrogen-bond acceptors (Lipinski definition) is 7. The summed E-state index contributed by atoms with van der Waals surface area (Å²) in [5.41, 5.74) is 0.117. The van der Waals surface area contributed by atoms with E-state index in [1.165, 1.54) is 17.0 Å². The molecule has 0 aliphatic carbocycles. The molecule has 2 aromatic rings. The third-order valence-corrected chi connectivity index (χ3v) is 7.77. The molecule has 12 nitrogen and oxygen atoms in total. The lowest BCUT2D eigenvalue weighted by Gasteiger charge is -2.43. The van der Waals surface area contributed by atoms with Gasteiger partial charge in [-0.05, 0) is 43.7 Å². The Morgan fingerprint density at radius 1 is 1.14 bits per heavy atom. The summed E-state index contributed by atoms with van der Waals surface area (Å²) < 4.78 is 40.7. The number of piperidine rings is 1. The second-order valence-electron chi connectivity index (χ2n) is 11.4. The predicted octanol–water partition coefficient (Wildman–Crippen LogP) is 2.84. The predicted molar refractivity (Wildman–Crippen MR) is 151 cm³/mol. The summed E-state index contributed by atoms with van der Waals surface area (Å²) in [5.74, 6) is -3.48. The molecule has 0 unspecified atom stereocenters. The van der Waals surface area contributed by atoms with Gasteiger partial charge in [0, 0.05) is 46.4 Å². The van der Waals surface area contributed by atoms with E-state index in [0.717, 1.165) is 10.7 Å². The highest BCUT2D eigenvalue weighted by atomic mass is 19.2. The number of methoxy groups -OCH3 is 1. The lowest BCUT2D eigenvalue weighted by atomic mass is 9.91. The molecule has 43 heavy (non-hydrogen) atoms. The molecule has 0 saturated carbocycles. The molecule has 14 heteroatoms. The maximum absolute atomic E-state index is 14.8. The van der Waals surface area contributed by atoms with Crippen LogP contribution in [0.3, 0.4) is 0 Å². The number of ether oxygens (including phenoxy) is 2. The van der Waals surface area contributed by atoms with Crippen molar-refractivity contribution in [3.05, 3.63) is 41.2 Å². The first-order chi connectivity index (χ1) is 20.6. The summed E-state index contributed by atoms with van der Waals surface area (Å²) in [6.07, 6.45) is 0.599. The Morgan fingerprint density at radius 2 is 1.88 bits per heavy atom. The number of hydrogen-bond donors (Lipinski definition) is 1. The van der Waals surface area contributed by atoms with Crippen molar-refractivity contribution in [2.45, 2.75) is 45.6 Å². The summed E-state index contributed by atoms with van der Waals surface area (Å²) in [6, 6.07) is 3.09. The van der Waals surface area contributed by atoms with Gasteiger partial charge in [0.1, 0.15) is 5.69 Å². The fourth-order valence-electron chi connectivity index (χ4n) is 5.68. The number of carbonyl (C=O) groups is 3. The van der Waals surface area contributed by atoms with Crippen LogP contribution in [-0.4, -0.2) is 118 Å². The van der Waals surface area contributed by atoms with Crippen molar-refractivity contribution < 1.29 is 37.7 Å². The fraction of sp³-hybridized carbons (Fsp3) is 0.621. The quantitative estimate of drug-likeness (QED) is 0.387. The second kappa shape index (κ2) is 14.7. The van der Waals surface area contributed by atoms with Crippen molar-refractivity contribution in [1.82, 2.24) is 29.7 Å². The molecule has 2 saturated heterocycles. The minimum absolute atomic E-state index is 0.00147. The van der Waals surface area contributed by atoms with E-state index >= 15 is 0 Å². The fourth-order valence-corrected chi connectivity index (χ4v) is 5.68. The number of carboxylic acid groups (broad SMARTS) is 1. The summed E-state index contributed by atoms with van der Waals surface area (Å²) in [4.78, 5) is 44.3. The number of halogens is 2. The molecule has 1 N–H and O–H groups in total. The van der Waals surface area contributed by atoms with E-state index in [2.05, 4.69) is 10.3 Å². The van der Waals surface area contributed by atoms with Crippen molar-refractivity contribution in [1.29, 1.82) is 0 Å². The molecule has 2 aliphatic rings. The molecule has 3 amide bonds. The molecule has 3 heterocycles. The maximum Gasteiger partial charge on any atom is 0.407 e. The topological polar surface area (TPSA) is 130 Å². The number of rotatable bonds is 11. The minimum atomic E-state index is -1.17. The van der Waals surface area contributed by atoms with Crippen LogP contribution in [0.15, 0.2) is 18.2 Å². The van der Waals surface area contributed by atoms with Crippen LogP contribution in [0.4, 0.5) is 13.6 Å². The van der Waals surface area contributed by atoms with Crippen molar-refractivity contribution in [3.8, 4) is 5.69 Å². The average molecular weight is 607 g/mol. The third kappa shape index (κ3) is 7.66. The molecule has 0 radical (unpaired) electrons. The molecule has 1 aromatic heterocycles.